The van der Waals surface area contributed by atoms with Crippen LogP contribution in [-0.4, -0.2) is 47.8 Å². The van der Waals surface area contributed by atoms with Gasteiger partial charge in [0.15, 0.2) is 0 Å². The van der Waals surface area contributed by atoms with E-state index in [0.717, 1.165) is 41.2 Å². The zero-order valence-corrected chi connectivity index (χ0v) is 20.5. The Morgan fingerprint density at radius 3 is 2.24 bits per heavy atom. The van der Waals surface area contributed by atoms with Gasteiger partial charge in [-0.1, -0.05) is 42.5 Å². The highest BCUT2D eigenvalue weighted by Gasteiger charge is 2.26. The molecule has 0 unspecified atom stereocenters. The van der Waals surface area contributed by atoms with Crippen LogP contribution in [0, 0.1) is 6.92 Å². The van der Waals surface area contributed by atoms with Gasteiger partial charge in [-0.05, 0) is 63.1 Å². The third-order valence-electron chi connectivity index (χ3n) is 5.69. The molecule has 0 aliphatic carbocycles. The topological polar surface area (TPSA) is 54.9 Å². The summed E-state index contributed by atoms with van der Waals surface area (Å²) < 4.78 is 11.6. The minimum atomic E-state index is -0.474. The predicted octanol–water partition coefficient (Wildman–Crippen LogP) is 5.69. The highest BCUT2D eigenvalue weighted by molar-refractivity contribution is 5.71. The van der Waals surface area contributed by atoms with Crippen molar-refractivity contribution in [1.29, 1.82) is 0 Å². The molecule has 1 saturated heterocycles. The van der Waals surface area contributed by atoms with E-state index in [1.54, 1.807) is 4.90 Å². The molecule has 1 aliphatic rings. The molecule has 1 aliphatic heterocycles. The minimum absolute atomic E-state index is 0.239. The molecular formula is C28H33N3O3. The van der Waals surface area contributed by atoms with Crippen molar-refractivity contribution < 1.29 is 14.3 Å². The normalized spacial score (nSPS) is 14.1. The predicted molar refractivity (Wildman–Crippen MR) is 135 cm³/mol. The van der Waals surface area contributed by atoms with Gasteiger partial charge in [0.25, 0.3) is 0 Å². The quantitative estimate of drug-likeness (QED) is 0.490. The maximum absolute atomic E-state index is 12.3. The Hall–Kier alpha value is -3.54. The molecule has 34 heavy (non-hydrogen) atoms. The summed E-state index contributed by atoms with van der Waals surface area (Å²) in [4.78, 5) is 21.0. The van der Waals surface area contributed by atoms with Crippen LogP contribution in [0.5, 0.6) is 5.88 Å². The molecule has 0 bridgehead atoms. The lowest BCUT2D eigenvalue weighted by Gasteiger charge is -2.36. The number of anilines is 1. The smallest absolute Gasteiger partial charge is 0.410 e. The molecule has 1 aromatic heterocycles. The van der Waals surface area contributed by atoms with Crippen LogP contribution in [0.25, 0.3) is 11.1 Å². The van der Waals surface area contributed by atoms with Crippen LogP contribution in [0.4, 0.5) is 10.5 Å². The Morgan fingerprint density at radius 1 is 0.912 bits per heavy atom. The molecule has 0 N–H and O–H groups in total. The Morgan fingerprint density at radius 2 is 1.59 bits per heavy atom. The Balaban J connectivity index is 1.42. The highest BCUT2D eigenvalue weighted by atomic mass is 16.6. The lowest BCUT2D eigenvalue weighted by atomic mass is 10.1. The number of carbonyl (C=O) groups is 1. The number of nitrogens with zero attached hydrogens (tertiary/aromatic N) is 3. The van der Waals surface area contributed by atoms with Crippen LogP contribution >= 0.6 is 0 Å². The highest BCUT2D eigenvalue weighted by Crippen LogP contribution is 2.31. The Labute approximate surface area is 202 Å². The van der Waals surface area contributed by atoms with E-state index in [1.165, 1.54) is 0 Å². The lowest BCUT2D eigenvalue weighted by molar-refractivity contribution is 0.0240. The maximum Gasteiger partial charge on any atom is 0.410 e. The first-order valence-electron chi connectivity index (χ1n) is 11.8. The van der Waals surface area contributed by atoms with Crippen molar-refractivity contribution in [2.24, 2.45) is 0 Å². The van der Waals surface area contributed by atoms with Gasteiger partial charge in [0.2, 0.25) is 5.88 Å². The summed E-state index contributed by atoms with van der Waals surface area (Å²) in [6, 6.07) is 22.7. The Bertz CT molecular complexity index is 1100. The first-order valence-corrected chi connectivity index (χ1v) is 11.8. The van der Waals surface area contributed by atoms with Crippen molar-refractivity contribution in [1.82, 2.24) is 9.88 Å². The summed E-state index contributed by atoms with van der Waals surface area (Å²) in [5.41, 5.74) is 4.73. The monoisotopic (exact) mass is 459 g/mol. The van der Waals surface area contributed by atoms with Gasteiger partial charge in [-0.2, -0.15) is 0 Å². The van der Waals surface area contributed by atoms with Crippen molar-refractivity contribution >= 4 is 11.8 Å². The van der Waals surface area contributed by atoms with E-state index in [9.17, 15) is 4.79 Å². The van der Waals surface area contributed by atoms with Crippen LogP contribution in [0.15, 0.2) is 66.7 Å². The van der Waals surface area contributed by atoms with Crippen molar-refractivity contribution in [3.05, 3.63) is 78.0 Å². The number of amides is 1. The molecule has 6 nitrogen and oxygen atoms in total. The zero-order chi connectivity index (χ0) is 24.1. The first-order chi connectivity index (χ1) is 16.3. The third-order valence-corrected chi connectivity index (χ3v) is 5.69. The fourth-order valence-corrected chi connectivity index (χ4v) is 3.91. The molecule has 0 saturated carbocycles. The molecule has 178 valence electrons. The van der Waals surface area contributed by atoms with E-state index in [2.05, 4.69) is 40.2 Å². The average molecular weight is 460 g/mol. The van der Waals surface area contributed by atoms with E-state index < -0.39 is 5.60 Å². The summed E-state index contributed by atoms with van der Waals surface area (Å²) in [6.45, 7) is 11.0. The van der Waals surface area contributed by atoms with Crippen molar-refractivity contribution in [2.75, 3.05) is 31.1 Å². The number of carbonyl (C=O) groups excluding carboxylic acids is 1. The number of hydrogen-bond acceptors (Lipinski definition) is 5. The number of piperazine rings is 1. The number of ether oxygens (including phenoxy) is 2. The van der Waals surface area contributed by atoms with Crippen LogP contribution in [0.3, 0.4) is 0 Å². The van der Waals surface area contributed by atoms with Crippen LogP contribution < -0.4 is 9.64 Å². The van der Waals surface area contributed by atoms with Crippen LogP contribution in [0.2, 0.25) is 0 Å². The van der Waals surface area contributed by atoms with Gasteiger partial charge in [-0.3, -0.25) is 0 Å². The summed E-state index contributed by atoms with van der Waals surface area (Å²) >= 11 is 0. The lowest BCUT2D eigenvalue weighted by Crippen LogP contribution is -2.50. The van der Waals surface area contributed by atoms with E-state index in [0.29, 0.717) is 25.6 Å². The second-order valence-electron chi connectivity index (χ2n) is 9.58. The van der Waals surface area contributed by atoms with Crippen molar-refractivity contribution in [2.45, 2.75) is 39.9 Å². The average Bonchev–Trinajstić information content (AvgIpc) is 2.83. The van der Waals surface area contributed by atoms with Gasteiger partial charge >= 0.3 is 6.09 Å². The van der Waals surface area contributed by atoms with E-state index in [4.69, 9.17) is 9.47 Å². The molecule has 1 fully saturated rings. The number of benzene rings is 2. The fraction of sp³-hybridized carbons (Fsp3) is 0.357. The minimum Gasteiger partial charge on any atom is -0.472 e. The van der Waals surface area contributed by atoms with Crippen molar-refractivity contribution in [3.63, 3.8) is 0 Å². The SMILES string of the molecule is Cc1ccc(-c2ccc(N3CCN(C(=O)OC(C)(C)C)CC3)cc2)c(OCc2ccccc2)n1. The maximum atomic E-state index is 12.3. The third kappa shape index (κ3) is 6.07. The number of aryl methyl sites for hydroxylation is 1. The fourth-order valence-electron chi connectivity index (χ4n) is 3.91. The van der Waals surface area contributed by atoms with Gasteiger partial charge in [-0.15, -0.1) is 0 Å². The van der Waals surface area contributed by atoms with Gasteiger partial charge in [0.1, 0.15) is 12.2 Å². The number of pyridine rings is 1. The van der Waals surface area contributed by atoms with Crippen molar-refractivity contribution in [3.8, 4) is 17.0 Å². The number of hydrogen-bond donors (Lipinski definition) is 0. The molecule has 2 aromatic carbocycles. The molecular weight excluding hydrogens is 426 g/mol. The molecule has 3 aromatic rings. The summed E-state index contributed by atoms with van der Waals surface area (Å²) in [5.74, 6) is 0.641. The second kappa shape index (κ2) is 10.2. The van der Waals surface area contributed by atoms with E-state index >= 15 is 0 Å². The molecule has 1 amide bonds. The van der Waals surface area contributed by atoms with E-state index in [1.807, 2.05) is 64.1 Å². The van der Waals surface area contributed by atoms with Gasteiger partial charge in [0, 0.05) is 43.1 Å². The summed E-state index contributed by atoms with van der Waals surface area (Å²) in [6.07, 6.45) is -0.239. The first kappa shape index (κ1) is 23.6. The second-order valence-corrected chi connectivity index (χ2v) is 9.58. The van der Waals surface area contributed by atoms with Gasteiger partial charge < -0.3 is 19.3 Å². The molecule has 0 spiro atoms. The molecule has 4 rings (SSSR count). The molecule has 2 heterocycles. The number of rotatable bonds is 5. The molecule has 0 atom stereocenters. The largest absolute Gasteiger partial charge is 0.472 e. The van der Waals surface area contributed by atoms with Crippen LogP contribution in [0.1, 0.15) is 32.0 Å². The Kier molecular flexibility index (Phi) is 7.06. The summed E-state index contributed by atoms with van der Waals surface area (Å²) in [5, 5.41) is 0. The summed E-state index contributed by atoms with van der Waals surface area (Å²) in [7, 11) is 0. The number of aromatic nitrogens is 1. The van der Waals surface area contributed by atoms with E-state index in [-0.39, 0.29) is 6.09 Å². The van der Waals surface area contributed by atoms with Gasteiger partial charge in [0.05, 0.1) is 0 Å². The molecule has 6 heteroatoms. The standard InChI is InChI=1S/C28H33N3O3/c1-21-10-15-25(26(29-21)33-20-22-8-6-5-7-9-22)23-11-13-24(14-12-23)30-16-18-31(19-17-30)27(32)34-28(2,3)4/h5-15H,16-20H2,1-4H3. The van der Waals surface area contributed by atoms with Gasteiger partial charge in [-0.25, -0.2) is 9.78 Å². The zero-order valence-electron chi connectivity index (χ0n) is 20.5. The molecule has 0 radical (unpaired) electrons. The van der Waals surface area contributed by atoms with Crippen LogP contribution in [-0.2, 0) is 11.3 Å².